The Kier molecular flexibility index (Phi) is 4.75. The fourth-order valence-electron chi connectivity index (χ4n) is 2.84. The van der Waals surface area contributed by atoms with Gasteiger partial charge in [-0.05, 0) is 25.0 Å². The molecule has 1 amide bonds. The summed E-state index contributed by atoms with van der Waals surface area (Å²) < 4.78 is 36.0. The highest BCUT2D eigenvalue weighted by molar-refractivity contribution is 7.91. The minimum atomic E-state index is -3.39. The first-order chi connectivity index (χ1) is 11.1. The zero-order valence-corrected chi connectivity index (χ0v) is 13.8. The van der Waals surface area contributed by atoms with Crippen molar-refractivity contribution < 1.29 is 22.7 Å². The first-order valence-electron chi connectivity index (χ1n) is 7.96. The van der Waals surface area contributed by atoms with Crippen molar-refractivity contribution in [2.75, 3.05) is 32.1 Å². The number of rotatable bonds is 5. The predicted molar refractivity (Wildman–Crippen MR) is 84.5 cm³/mol. The van der Waals surface area contributed by atoms with Crippen LogP contribution >= 0.6 is 0 Å². The van der Waals surface area contributed by atoms with Crippen LogP contribution in [0.25, 0.3) is 0 Å². The van der Waals surface area contributed by atoms with E-state index in [1.165, 1.54) is 6.07 Å². The predicted octanol–water partition coefficient (Wildman–Crippen LogP) is 1.63. The number of ether oxygens (including phenoxy) is 2. The fourth-order valence-corrected chi connectivity index (χ4v) is 4.15. The van der Waals surface area contributed by atoms with E-state index in [0.29, 0.717) is 44.1 Å². The van der Waals surface area contributed by atoms with E-state index in [2.05, 4.69) is 0 Å². The molecule has 2 heterocycles. The Hall–Kier alpha value is -1.76. The van der Waals surface area contributed by atoms with Crippen LogP contribution in [0.2, 0.25) is 0 Å². The summed E-state index contributed by atoms with van der Waals surface area (Å²) in [6, 6.07) is 4.75. The number of benzene rings is 1. The Morgan fingerprint density at radius 3 is 2.61 bits per heavy atom. The summed E-state index contributed by atoms with van der Waals surface area (Å²) in [5.74, 6) is 1.22. The lowest BCUT2D eigenvalue weighted by Crippen LogP contribution is -2.27. The Morgan fingerprint density at radius 2 is 1.87 bits per heavy atom. The Bertz CT molecular complexity index is 686. The van der Waals surface area contributed by atoms with Crippen LogP contribution in [-0.2, 0) is 14.6 Å². The molecule has 0 saturated carbocycles. The molecule has 2 aliphatic heterocycles. The topological polar surface area (TPSA) is 72.9 Å². The number of nitrogens with zero attached hydrogens (tertiary/aromatic N) is 1. The minimum absolute atomic E-state index is 0.0242. The molecule has 0 aromatic heterocycles. The van der Waals surface area contributed by atoms with Crippen molar-refractivity contribution in [3.63, 3.8) is 0 Å². The molecule has 3 rings (SSSR count). The average Bonchev–Trinajstić information content (AvgIpc) is 2.80. The maximum Gasteiger partial charge on any atom is 0.222 e. The van der Waals surface area contributed by atoms with Crippen LogP contribution in [0, 0.1) is 0 Å². The van der Waals surface area contributed by atoms with Crippen LogP contribution in [0.15, 0.2) is 23.1 Å². The van der Waals surface area contributed by atoms with Gasteiger partial charge < -0.3 is 14.4 Å². The van der Waals surface area contributed by atoms with Crippen LogP contribution < -0.4 is 9.47 Å². The third-order valence-electron chi connectivity index (χ3n) is 4.09. The third kappa shape index (κ3) is 3.77. The monoisotopic (exact) mass is 339 g/mol. The van der Waals surface area contributed by atoms with E-state index in [1.54, 1.807) is 17.0 Å². The molecule has 0 aliphatic carbocycles. The van der Waals surface area contributed by atoms with Crippen molar-refractivity contribution in [1.29, 1.82) is 0 Å². The molecule has 1 fully saturated rings. The molecule has 1 aromatic carbocycles. The molecule has 2 aliphatic rings. The highest BCUT2D eigenvalue weighted by atomic mass is 32.2. The fraction of sp³-hybridized carbons (Fsp3) is 0.562. The molecule has 1 aromatic rings. The standard InChI is InChI=1S/C16H21NO5S/c18-16-4-1-7-17(16)8-2-11-23(19,20)13-5-6-14-15(12-13)22-10-3-9-21-14/h5-6,12H,1-4,7-11H2. The quantitative estimate of drug-likeness (QED) is 0.815. The highest BCUT2D eigenvalue weighted by Gasteiger charge is 2.22. The lowest BCUT2D eigenvalue weighted by molar-refractivity contribution is -0.127. The first kappa shape index (κ1) is 16.1. The van der Waals surface area contributed by atoms with Gasteiger partial charge in [0.05, 0.1) is 23.9 Å². The molecule has 0 spiro atoms. The van der Waals surface area contributed by atoms with Gasteiger partial charge >= 0.3 is 0 Å². The van der Waals surface area contributed by atoms with Gasteiger partial charge in [-0.1, -0.05) is 0 Å². The second-order valence-electron chi connectivity index (χ2n) is 5.82. The Labute approximate surface area is 136 Å². The van der Waals surface area contributed by atoms with Gasteiger partial charge in [-0.25, -0.2) is 8.42 Å². The molecule has 0 unspecified atom stereocenters. The van der Waals surface area contributed by atoms with Crippen LogP contribution in [0.4, 0.5) is 0 Å². The maximum atomic E-state index is 12.5. The van der Waals surface area contributed by atoms with Gasteiger partial charge in [-0.3, -0.25) is 4.79 Å². The summed E-state index contributed by atoms with van der Waals surface area (Å²) in [6.45, 7) is 2.34. The SMILES string of the molecule is O=C1CCCN1CCCS(=O)(=O)c1ccc2c(c1)OCCCO2. The summed E-state index contributed by atoms with van der Waals surface area (Å²) >= 11 is 0. The van der Waals surface area contributed by atoms with Crippen molar-refractivity contribution in [2.24, 2.45) is 0 Å². The van der Waals surface area contributed by atoms with E-state index in [4.69, 9.17) is 9.47 Å². The molecule has 6 nitrogen and oxygen atoms in total. The van der Waals surface area contributed by atoms with Crippen LogP contribution in [0.3, 0.4) is 0 Å². The van der Waals surface area contributed by atoms with Crippen LogP contribution in [0.5, 0.6) is 11.5 Å². The molecule has 0 N–H and O–H groups in total. The first-order valence-corrected chi connectivity index (χ1v) is 9.62. The van der Waals surface area contributed by atoms with Crippen molar-refractivity contribution in [1.82, 2.24) is 4.90 Å². The zero-order valence-electron chi connectivity index (χ0n) is 13.0. The summed E-state index contributed by atoms with van der Waals surface area (Å²) in [5, 5.41) is 0. The largest absolute Gasteiger partial charge is 0.490 e. The second kappa shape index (κ2) is 6.78. The minimum Gasteiger partial charge on any atom is -0.490 e. The van der Waals surface area contributed by atoms with Gasteiger partial charge in [-0.2, -0.15) is 0 Å². The normalized spacial score (nSPS) is 18.1. The molecule has 23 heavy (non-hydrogen) atoms. The number of likely N-dealkylation sites (tertiary alicyclic amines) is 1. The number of sulfone groups is 1. The number of amides is 1. The molecule has 126 valence electrons. The third-order valence-corrected chi connectivity index (χ3v) is 5.89. The number of fused-ring (bicyclic) bond motifs is 1. The van der Waals surface area contributed by atoms with Gasteiger partial charge in [0.25, 0.3) is 0 Å². The summed E-state index contributed by atoms with van der Waals surface area (Å²) in [5.41, 5.74) is 0. The Morgan fingerprint density at radius 1 is 1.09 bits per heavy atom. The van der Waals surface area contributed by atoms with Gasteiger partial charge in [-0.15, -0.1) is 0 Å². The molecule has 7 heteroatoms. The van der Waals surface area contributed by atoms with Crippen molar-refractivity contribution in [3.05, 3.63) is 18.2 Å². The van der Waals surface area contributed by atoms with E-state index >= 15 is 0 Å². The van der Waals surface area contributed by atoms with Gasteiger partial charge in [0.15, 0.2) is 21.3 Å². The molecule has 0 bridgehead atoms. The Balaban J connectivity index is 1.65. The smallest absolute Gasteiger partial charge is 0.222 e. The average molecular weight is 339 g/mol. The second-order valence-corrected chi connectivity index (χ2v) is 7.92. The van der Waals surface area contributed by atoms with E-state index in [9.17, 15) is 13.2 Å². The number of hydrogen-bond donors (Lipinski definition) is 0. The molecule has 1 saturated heterocycles. The van der Waals surface area contributed by atoms with Gasteiger partial charge in [0.1, 0.15) is 0 Å². The van der Waals surface area contributed by atoms with E-state index in [-0.39, 0.29) is 16.6 Å². The van der Waals surface area contributed by atoms with E-state index in [1.807, 2.05) is 0 Å². The van der Waals surface area contributed by atoms with Crippen molar-refractivity contribution in [3.8, 4) is 11.5 Å². The van der Waals surface area contributed by atoms with Crippen molar-refractivity contribution in [2.45, 2.75) is 30.6 Å². The maximum absolute atomic E-state index is 12.5. The van der Waals surface area contributed by atoms with Crippen LogP contribution in [0.1, 0.15) is 25.7 Å². The highest BCUT2D eigenvalue weighted by Crippen LogP contribution is 2.32. The molecule has 0 radical (unpaired) electrons. The molecule has 0 atom stereocenters. The van der Waals surface area contributed by atoms with Gasteiger partial charge in [0, 0.05) is 32.0 Å². The summed E-state index contributed by atoms with van der Waals surface area (Å²) in [6.07, 6.45) is 2.67. The van der Waals surface area contributed by atoms with E-state index in [0.717, 1.165) is 19.4 Å². The lowest BCUT2D eigenvalue weighted by Gasteiger charge is -2.15. The number of carbonyl (C=O) groups excluding carboxylic acids is 1. The summed E-state index contributed by atoms with van der Waals surface area (Å²) in [4.78, 5) is 13.5. The zero-order chi connectivity index (χ0) is 16.3. The lowest BCUT2D eigenvalue weighted by atomic mass is 10.3. The molecular weight excluding hydrogens is 318 g/mol. The van der Waals surface area contributed by atoms with Gasteiger partial charge in [0.2, 0.25) is 5.91 Å². The van der Waals surface area contributed by atoms with E-state index < -0.39 is 9.84 Å². The number of carbonyl (C=O) groups is 1. The summed E-state index contributed by atoms with van der Waals surface area (Å²) in [7, 11) is -3.39. The van der Waals surface area contributed by atoms with Crippen molar-refractivity contribution >= 4 is 15.7 Å². The molecular formula is C16H21NO5S. The van der Waals surface area contributed by atoms with Crippen LogP contribution in [-0.4, -0.2) is 51.3 Å². The number of hydrogen-bond acceptors (Lipinski definition) is 5.